The van der Waals surface area contributed by atoms with Crippen molar-refractivity contribution in [1.29, 1.82) is 0 Å². The van der Waals surface area contributed by atoms with Crippen LogP contribution < -0.4 is 11.1 Å². The van der Waals surface area contributed by atoms with E-state index in [1.165, 1.54) is 0 Å². The molecule has 1 atom stereocenters. The van der Waals surface area contributed by atoms with Gasteiger partial charge in [0, 0.05) is 11.2 Å². The normalized spacial score (nSPS) is 12.2. The number of aromatic nitrogens is 2. The Morgan fingerprint density at radius 2 is 2.32 bits per heavy atom. The second-order valence-corrected chi connectivity index (χ2v) is 5.72. The summed E-state index contributed by atoms with van der Waals surface area (Å²) in [4.78, 5) is 12.1. The van der Waals surface area contributed by atoms with Crippen molar-refractivity contribution in [3.05, 3.63) is 39.2 Å². The number of amides is 1. The van der Waals surface area contributed by atoms with E-state index in [9.17, 15) is 4.79 Å². The van der Waals surface area contributed by atoms with Crippen LogP contribution in [0.3, 0.4) is 0 Å². The number of hydrogen-bond acceptors (Lipinski definition) is 3. The molecule has 100 valence electrons. The summed E-state index contributed by atoms with van der Waals surface area (Å²) in [6, 6.07) is 4.53. The first-order valence-corrected chi connectivity index (χ1v) is 6.98. The van der Waals surface area contributed by atoms with Crippen molar-refractivity contribution in [3.8, 4) is 0 Å². The second kappa shape index (κ2) is 5.79. The van der Waals surface area contributed by atoms with Crippen LogP contribution in [-0.4, -0.2) is 15.7 Å². The summed E-state index contributed by atoms with van der Waals surface area (Å²) in [5.41, 5.74) is 6.77. The van der Waals surface area contributed by atoms with Crippen LogP contribution in [0.15, 0.2) is 30.6 Å². The molecule has 0 spiro atoms. The lowest BCUT2D eigenvalue weighted by molar-refractivity contribution is -0.119. The Kier molecular flexibility index (Phi) is 4.31. The first-order chi connectivity index (χ1) is 8.97. The molecule has 0 fully saturated rings. The summed E-state index contributed by atoms with van der Waals surface area (Å²) in [5.74, 6) is -0.187. The number of hydrogen-bond donors (Lipinski definition) is 2. The van der Waals surface area contributed by atoms with Crippen LogP contribution in [0.25, 0.3) is 0 Å². The van der Waals surface area contributed by atoms with Crippen molar-refractivity contribution in [2.75, 3.05) is 11.1 Å². The van der Waals surface area contributed by atoms with Gasteiger partial charge in [0.2, 0.25) is 5.91 Å². The summed E-state index contributed by atoms with van der Waals surface area (Å²) in [5, 5.41) is 7.40. The topological polar surface area (TPSA) is 72.9 Å². The highest BCUT2D eigenvalue weighted by molar-refractivity contribution is 14.1. The fourth-order valence-corrected chi connectivity index (χ4v) is 2.12. The molecule has 0 radical (unpaired) electrons. The summed E-state index contributed by atoms with van der Waals surface area (Å²) in [7, 11) is 0. The van der Waals surface area contributed by atoms with Crippen molar-refractivity contribution in [3.63, 3.8) is 0 Å². The maximum Gasteiger partial charge on any atom is 0.249 e. The Morgan fingerprint density at radius 3 is 2.89 bits per heavy atom. The predicted octanol–water partition coefficient (Wildman–Crippen LogP) is 2.92. The average molecular weight is 391 g/mol. The molecule has 1 aromatic carbocycles. The molecule has 0 bridgehead atoms. The number of nitrogens with one attached hydrogen (secondary N) is 1. The Bertz CT molecular complexity index is 614. The number of carbonyl (C=O) groups excluding carboxylic acids is 1. The molecule has 3 N–H and O–H groups in total. The molecule has 1 heterocycles. The SMILES string of the molecule is CC(C(=O)Nc1ccc(Cl)cc1N)n1cc(I)cn1. The highest BCUT2D eigenvalue weighted by atomic mass is 127. The number of halogens is 2. The third-order valence-corrected chi connectivity index (χ3v) is 3.41. The molecule has 2 rings (SSSR count). The van der Waals surface area contributed by atoms with E-state index in [2.05, 4.69) is 33.0 Å². The van der Waals surface area contributed by atoms with Crippen molar-refractivity contribution in [2.45, 2.75) is 13.0 Å². The van der Waals surface area contributed by atoms with Crippen LogP contribution in [0.2, 0.25) is 5.02 Å². The van der Waals surface area contributed by atoms with E-state index >= 15 is 0 Å². The van der Waals surface area contributed by atoms with Gasteiger partial charge in [-0.1, -0.05) is 11.6 Å². The quantitative estimate of drug-likeness (QED) is 0.625. The molecule has 0 saturated heterocycles. The zero-order valence-corrected chi connectivity index (χ0v) is 13.0. The van der Waals surface area contributed by atoms with Crippen LogP contribution in [0, 0.1) is 3.57 Å². The zero-order chi connectivity index (χ0) is 14.0. The number of carbonyl (C=O) groups is 1. The first-order valence-electron chi connectivity index (χ1n) is 5.53. The van der Waals surface area contributed by atoms with Crippen LogP contribution >= 0.6 is 34.2 Å². The van der Waals surface area contributed by atoms with E-state index in [0.29, 0.717) is 16.4 Å². The van der Waals surface area contributed by atoms with Gasteiger partial charge < -0.3 is 11.1 Å². The van der Waals surface area contributed by atoms with Gasteiger partial charge in [-0.2, -0.15) is 5.10 Å². The molecule has 5 nitrogen and oxygen atoms in total. The molecule has 2 aromatic rings. The number of nitrogen functional groups attached to an aromatic ring is 1. The molecular weight excluding hydrogens is 379 g/mol. The summed E-state index contributed by atoms with van der Waals surface area (Å²) < 4.78 is 2.58. The molecule has 0 saturated carbocycles. The van der Waals surface area contributed by atoms with Gasteiger partial charge in [-0.15, -0.1) is 0 Å². The predicted molar refractivity (Wildman–Crippen MR) is 84.1 cm³/mol. The molecule has 7 heteroatoms. The van der Waals surface area contributed by atoms with Crippen molar-refractivity contribution in [2.24, 2.45) is 0 Å². The number of rotatable bonds is 3. The van der Waals surface area contributed by atoms with Gasteiger partial charge in [-0.3, -0.25) is 9.48 Å². The van der Waals surface area contributed by atoms with Crippen molar-refractivity contribution in [1.82, 2.24) is 9.78 Å². The minimum Gasteiger partial charge on any atom is -0.397 e. The molecule has 0 aliphatic rings. The van der Waals surface area contributed by atoms with E-state index in [-0.39, 0.29) is 5.91 Å². The van der Waals surface area contributed by atoms with Crippen molar-refractivity contribution < 1.29 is 4.79 Å². The fourth-order valence-electron chi connectivity index (χ4n) is 1.53. The third kappa shape index (κ3) is 3.38. The smallest absolute Gasteiger partial charge is 0.249 e. The monoisotopic (exact) mass is 390 g/mol. The van der Waals surface area contributed by atoms with E-state index in [0.717, 1.165) is 3.57 Å². The fraction of sp³-hybridized carbons (Fsp3) is 0.167. The largest absolute Gasteiger partial charge is 0.397 e. The number of nitrogens with two attached hydrogens (primary N) is 1. The zero-order valence-electron chi connectivity index (χ0n) is 10.1. The van der Waals surface area contributed by atoms with Gasteiger partial charge in [0.15, 0.2) is 0 Å². The minimum atomic E-state index is -0.418. The van der Waals surface area contributed by atoms with E-state index in [1.54, 1.807) is 42.2 Å². The average Bonchev–Trinajstić information content (AvgIpc) is 2.78. The number of benzene rings is 1. The maximum atomic E-state index is 12.1. The molecule has 0 aliphatic carbocycles. The first kappa shape index (κ1) is 14.1. The van der Waals surface area contributed by atoms with Crippen LogP contribution in [0.5, 0.6) is 0 Å². The van der Waals surface area contributed by atoms with Gasteiger partial charge in [0.25, 0.3) is 0 Å². The Morgan fingerprint density at radius 1 is 1.58 bits per heavy atom. The second-order valence-electron chi connectivity index (χ2n) is 4.04. The standard InChI is InChI=1S/C12H12ClIN4O/c1-7(18-6-9(14)5-16-18)12(19)17-11-3-2-8(13)4-10(11)15/h2-7H,15H2,1H3,(H,17,19). The van der Waals surface area contributed by atoms with Gasteiger partial charge in [-0.05, 0) is 47.7 Å². The van der Waals surface area contributed by atoms with Crippen LogP contribution in [-0.2, 0) is 4.79 Å². The lowest BCUT2D eigenvalue weighted by atomic mass is 10.2. The van der Waals surface area contributed by atoms with Gasteiger partial charge >= 0.3 is 0 Å². The van der Waals surface area contributed by atoms with Crippen LogP contribution in [0.4, 0.5) is 11.4 Å². The molecule has 19 heavy (non-hydrogen) atoms. The Hall–Kier alpha value is -1.28. The summed E-state index contributed by atoms with van der Waals surface area (Å²) in [6.45, 7) is 1.77. The molecule has 0 aliphatic heterocycles. The highest BCUT2D eigenvalue weighted by Gasteiger charge is 2.16. The number of nitrogens with zero attached hydrogens (tertiary/aromatic N) is 2. The Balaban J connectivity index is 2.12. The lowest BCUT2D eigenvalue weighted by Gasteiger charge is -2.14. The highest BCUT2D eigenvalue weighted by Crippen LogP contribution is 2.23. The lowest BCUT2D eigenvalue weighted by Crippen LogP contribution is -2.24. The van der Waals surface area contributed by atoms with Gasteiger partial charge in [0.05, 0.1) is 21.1 Å². The van der Waals surface area contributed by atoms with E-state index in [1.807, 2.05) is 0 Å². The third-order valence-electron chi connectivity index (χ3n) is 2.62. The van der Waals surface area contributed by atoms with E-state index < -0.39 is 6.04 Å². The van der Waals surface area contributed by atoms with Gasteiger partial charge in [0.1, 0.15) is 6.04 Å². The molecule has 1 unspecified atom stereocenters. The van der Waals surface area contributed by atoms with Crippen molar-refractivity contribution >= 4 is 51.5 Å². The summed E-state index contributed by atoms with van der Waals surface area (Å²) >= 11 is 7.95. The molecule has 1 aromatic heterocycles. The maximum absolute atomic E-state index is 12.1. The summed E-state index contributed by atoms with van der Waals surface area (Å²) in [6.07, 6.45) is 3.50. The van der Waals surface area contributed by atoms with Crippen LogP contribution in [0.1, 0.15) is 13.0 Å². The number of anilines is 2. The van der Waals surface area contributed by atoms with Gasteiger partial charge in [-0.25, -0.2) is 0 Å². The Labute approximate surface area is 129 Å². The molecular formula is C12H12ClIN4O. The molecule has 1 amide bonds. The van der Waals surface area contributed by atoms with E-state index in [4.69, 9.17) is 17.3 Å². The minimum absolute atomic E-state index is 0.187.